The molecule has 3 rings (SSSR count). The molecule has 2 amide bonds. The number of nitriles is 1. The minimum absolute atomic E-state index is 0.246. The summed E-state index contributed by atoms with van der Waals surface area (Å²) in [5.41, 5.74) is 3.10. The predicted molar refractivity (Wildman–Crippen MR) is 148 cm³/mol. The smallest absolute Gasteiger partial charge is 0.255 e. The largest absolute Gasteiger partial charge is 0.487 e. The average Bonchev–Trinajstić information content (AvgIpc) is 2.91. The van der Waals surface area contributed by atoms with E-state index < -0.39 is 0 Å². The lowest BCUT2D eigenvalue weighted by Gasteiger charge is -2.12. The zero-order chi connectivity index (χ0) is 27.3. The van der Waals surface area contributed by atoms with Crippen LogP contribution in [-0.4, -0.2) is 55.4 Å². The molecule has 2 aromatic carbocycles. The topological polar surface area (TPSA) is 119 Å². The van der Waals surface area contributed by atoms with Crippen LogP contribution >= 0.6 is 0 Å². The van der Waals surface area contributed by atoms with Gasteiger partial charge in [-0.3, -0.25) is 9.59 Å². The maximum Gasteiger partial charge on any atom is 0.255 e. The Bertz CT molecular complexity index is 1270. The molecule has 0 radical (unpaired) electrons. The highest BCUT2D eigenvalue weighted by molar-refractivity contribution is 6.05. The molecule has 198 valence electrons. The Morgan fingerprint density at radius 3 is 2.50 bits per heavy atom. The first-order valence-electron chi connectivity index (χ1n) is 12.5. The Hall–Kier alpha value is -4.42. The van der Waals surface area contributed by atoms with Gasteiger partial charge in [-0.1, -0.05) is 12.1 Å². The Labute approximate surface area is 223 Å². The van der Waals surface area contributed by atoms with Crippen molar-refractivity contribution in [2.24, 2.45) is 0 Å². The van der Waals surface area contributed by atoms with E-state index in [-0.39, 0.29) is 11.8 Å². The van der Waals surface area contributed by atoms with E-state index in [2.05, 4.69) is 31.9 Å². The maximum absolute atomic E-state index is 12.8. The predicted octanol–water partition coefficient (Wildman–Crippen LogP) is 4.23. The number of hydrogen-bond acceptors (Lipinski definition) is 7. The second kappa shape index (κ2) is 14.4. The van der Waals surface area contributed by atoms with Crippen molar-refractivity contribution in [3.8, 4) is 11.8 Å². The normalized spacial score (nSPS) is 10.5. The molecule has 0 bridgehead atoms. The summed E-state index contributed by atoms with van der Waals surface area (Å²) in [5, 5.41) is 17.6. The molecule has 0 fully saturated rings. The Morgan fingerprint density at radius 2 is 1.76 bits per heavy atom. The van der Waals surface area contributed by atoms with E-state index in [1.807, 2.05) is 39.2 Å². The van der Waals surface area contributed by atoms with Crippen LogP contribution in [0.25, 0.3) is 0 Å². The lowest BCUT2D eigenvalue weighted by molar-refractivity contribution is 0.0952. The Morgan fingerprint density at radius 1 is 1.00 bits per heavy atom. The quantitative estimate of drug-likeness (QED) is 0.292. The van der Waals surface area contributed by atoms with Crippen molar-refractivity contribution >= 4 is 23.3 Å². The van der Waals surface area contributed by atoms with Gasteiger partial charge in [0.15, 0.2) is 0 Å². The number of carbonyl (C=O) groups is 2. The van der Waals surface area contributed by atoms with E-state index in [1.54, 1.807) is 42.5 Å². The van der Waals surface area contributed by atoms with E-state index in [1.165, 1.54) is 0 Å². The zero-order valence-electron chi connectivity index (χ0n) is 22.1. The first-order chi connectivity index (χ1) is 18.4. The number of aryl methyl sites for hydroxylation is 1. The molecule has 1 aromatic heterocycles. The number of unbranched alkanes of at least 4 members (excludes halogenated alkanes) is 1. The summed E-state index contributed by atoms with van der Waals surface area (Å²) in [6, 6.07) is 19.8. The number of hydrogen-bond donors (Lipinski definition) is 3. The molecule has 0 unspecified atom stereocenters. The Balaban J connectivity index is 1.55. The van der Waals surface area contributed by atoms with Crippen LogP contribution in [0.3, 0.4) is 0 Å². The van der Waals surface area contributed by atoms with Gasteiger partial charge < -0.3 is 25.6 Å². The van der Waals surface area contributed by atoms with Crippen LogP contribution < -0.4 is 20.7 Å². The van der Waals surface area contributed by atoms with E-state index in [0.717, 1.165) is 30.2 Å². The van der Waals surface area contributed by atoms with Crippen LogP contribution in [0, 0.1) is 18.3 Å². The van der Waals surface area contributed by atoms with Crippen molar-refractivity contribution in [1.29, 1.82) is 5.26 Å². The minimum Gasteiger partial charge on any atom is -0.487 e. The molecule has 0 aliphatic heterocycles. The van der Waals surface area contributed by atoms with E-state index >= 15 is 0 Å². The van der Waals surface area contributed by atoms with Crippen molar-refractivity contribution < 1.29 is 14.3 Å². The number of nitrogens with zero attached hydrogens (tertiary/aromatic N) is 3. The Kier molecular flexibility index (Phi) is 10.6. The first kappa shape index (κ1) is 28.2. The number of anilines is 2. The summed E-state index contributed by atoms with van der Waals surface area (Å²) in [4.78, 5) is 31.9. The number of rotatable bonds is 13. The summed E-state index contributed by atoms with van der Waals surface area (Å²) in [7, 11) is 4.05. The van der Waals surface area contributed by atoms with Crippen LogP contribution in [-0.2, 0) is 6.61 Å². The molecule has 3 N–H and O–H groups in total. The molecule has 38 heavy (non-hydrogen) atoms. The minimum atomic E-state index is -0.288. The van der Waals surface area contributed by atoms with Crippen molar-refractivity contribution in [1.82, 2.24) is 15.2 Å². The fourth-order valence-electron chi connectivity index (χ4n) is 3.49. The standard InChI is InChI=1S/C29H34N6O3/c1-21-9-10-23(28(36)32-16-5-4-15-30)19-26(21)34-29(37)22-11-13-25(14-12-22)38-20-24-7-6-8-27(33-24)31-17-18-35(2)3/h6-14,19H,4-5,16-18,20H2,1-3H3,(H,31,33)(H,32,36)(H,34,37). The molecule has 3 aromatic rings. The van der Waals surface area contributed by atoms with Crippen LogP contribution in [0.5, 0.6) is 5.75 Å². The molecule has 0 saturated carbocycles. The molecule has 0 spiro atoms. The van der Waals surface area contributed by atoms with E-state index in [0.29, 0.717) is 48.6 Å². The highest BCUT2D eigenvalue weighted by atomic mass is 16.5. The number of aromatic nitrogens is 1. The van der Waals surface area contributed by atoms with Gasteiger partial charge in [0, 0.05) is 42.9 Å². The highest BCUT2D eigenvalue weighted by Crippen LogP contribution is 2.20. The van der Waals surface area contributed by atoms with E-state index in [4.69, 9.17) is 10.00 Å². The molecule has 0 atom stereocenters. The summed E-state index contributed by atoms with van der Waals surface area (Å²) in [6.07, 6.45) is 0.979. The van der Waals surface area contributed by atoms with Crippen LogP contribution in [0.2, 0.25) is 0 Å². The molecular weight excluding hydrogens is 480 g/mol. The monoisotopic (exact) mass is 514 g/mol. The first-order valence-corrected chi connectivity index (χ1v) is 12.5. The fourth-order valence-corrected chi connectivity index (χ4v) is 3.49. The van der Waals surface area contributed by atoms with Gasteiger partial charge in [-0.05, 0) is 81.5 Å². The van der Waals surface area contributed by atoms with Gasteiger partial charge in [-0.15, -0.1) is 0 Å². The van der Waals surface area contributed by atoms with Crippen molar-refractivity contribution in [3.05, 3.63) is 83.0 Å². The maximum atomic E-state index is 12.8. The average molecular weight is 515 g/mol. The van der Waals surface area contributed by atoms with Crippen LogP contribution in [0.4, 0.5) is 11.5 Å². The van der Waals surface area contributed by atoms with Crippen molar-refractivity contribution in [2.75, 3.05) is 44.4 Å². The van der Waals surface area contributed by atoms with Gasteiger partial charge in [-0.25, -0.2) is 4.98 Å². The van der Waals surface area contributed by atoms with Gasteiger partial charge in [-0.2, -0.15) is 5.26 Å². The third kappa shape index (κ3) is 8.91. The molecule has 0 saturated heterocycles. The second-order valence-electron chi connectivity index (χ2n) is 9.06. The number of likely N-dealkylation sites (N-methyl/N-ethyl adjacent to an activating group) is 1. The van der Waals surface area contributed by atoms with Crippen LogP contribution in [0.1, 0.15) is 44.8 Å². The number of ether oxygens (including phenoxy) is 1. The van der Waals surface area contributed by atoms with E-state index in [9.17, 15) is 9.59 Å². The number of amides is 2. The van der Waals surface area contributed by atoms with Gasteiger partial charge in [0.05, 0.1) is 11.8 Å². The van der Waals surface area contributed by atoms with Crippen LogP contribution in [0.15, 0.2) is 60.7 Å². The number of benzene rings is 2. The molecular formula is C29H34N6O3. The molecule has 9 heteroatoms. The molecule has 0 aliphatic carbocycles. The lowest BCUT2D eigenvalue weighted by atomic mass is 10.1. The lowest BCUT2D eigenvalue weighted by Crippen LogP contribution is -2.24. The van der Waals surface area contributed by atoms with Gasteiger partial charge in [0.25, 0.3) is 11.8 Å². The molecule has 0 aliphatic rings. The molecule has 1 heterocycles. The SMILES string of the molecule is Cc1ccc(C(=O)NCCCC#N)cc1NC(=O)c1ccc(OCc2cccc(NCCN(C)C)n2)cc1. The van der Waals surface area contributed by atoms with Crippen molar-refractivity contribution in [2.45, 2.75) is 26.4 Å². The number of pyridine rings is 1. The summed E-state index contributed by atoms with van der Waals surface area (Å²) >= 11 is 0. The number of nitrogens with one attached hydrogen (secondary N) is 3. The zero-order valence-corrected chi connectivity index (χ0v) is 22.1. The highest BCUT2D eigenvalue weighted by Gasteiger charge is 2.12. The molecule has 9 nitrogen and oxygen atoms in total. The van der Waals surface area contributed by atoms with Gasteiger partial charge >= 0.3 is 0 Å². The van der Waals surface area contributed by atoms with Gasteiger partial charge in [0.2, 0.25) is 0 Å². The summed E-state index contributed by atoms with van der Waals surface area (Å²) < 4.78 is 5.86. The second-order valence-corrected chi connectivity index (χ2v) is 9.06. The summed E-state index contributed by atoms with van der Waals surface area (Å²) in [6.45, 7) is 4.30. The number of carbonyl (C=O) groups excluding carboxylic acids is 2. The fraction of sp³-hybridized carbons (Fsp3) is 0.310. The third-order valence-electron chi connectivity index (χ3n) is 5.67. The summed E-state index contributed by atoms with van der Waals surface area (Å²) in [5.74, 6) is 0.894. The van der Waals surface area contributed by atoms with Crippen molar-refractivity contribution in [3.63, 3.8) is 0 Å². The van der Waals surface area contributed by atoms with Gasteiger partial charge in [0.1, 0.15) is 18.2 Å². The third-order valence-corrected chi connectivity index (χ3v) is 5.67.